The molecule has 3 aromatic rings. The SMILES string of the molecule is N=C(N)c1cccc(CC(NC(=O)Oc2ccc(-c3ccccc3S(N)(=O)=O)cc2)C2CCCCC2)c1. The van der Waals surface area contributed by atoms with Crippen molar-refractivity contribution in [1.29, 1.82) is 5.41 Å². The minimum atomic E-state index is -3.88. The van der Waals surface area contributed by atoms with E-state index in [4.69, 9.17) is 21.0 Å². The number of ether oxygens (including phenoxy) is 1. The van der Waals surface area contributed by atoms with Crippen LogP contribution in [0.5, 0.6) is 5.75 Å². The highest BCUT2D eigenvalue weighted by atomic mass is 32.2. The van der Waals surface area contributed by atoms with Crippen LogP contribution in [-0.4, -0.2) is 26.4 Å². The lowest BCUT2D eigenvalue weighted by Crippen LogP contribution is -2.44. The summed E-state index contributed by atoms with van der Waals surface area (Å²) in [5, 5.41) is 16.1. The Kier molecular flexibility index (Phi) is 8.25. The number of carbonyl (C=O) groups is 1. The fourth-order valence-electron chi connectivity index (χ4n) is 4.94. The zero-order valence-electron chi connectivity index (χ0n) is 20.5. The van der Waals surface area contributed by atoms with Crippen molar-refractivity contribution < 1.29 is 17.9 Å². The number of rotatable bonds is 8. The Balaban J connectivity index is 1.47. The van der Waals surface area contributed by atoms with E-state index in [1.54, 1.807) is 48.5 Å². The van der Waals surface area contributed by atoms with Gasteiger partial charge in [0.25, 0.3) is 0 Å². The van der Waals surface area contributed by atoms with Gasteiger partial charge in [0.15, 0.2) is 0 Å². The summed E-state index contributed by atoms with van der Waals surface area (Å²) in [4.78, 5) is 12.9. The van der Waals surface area contributed by atoms with Crippen LogP contribution in [0.1, 0.15) is 43.2 Å². The number of nitrogens with two attached hydrogens (primary N) is 2. The Morgan fingerprint density at radius 3 is 2.38 bits per heavy atom. The maximum Gasteiger partial charge on any atom is 0.412 e. The van der Waals surface area contributed by atoms with E-state index >= 15 is 0 Å². The van der Waals surface area contributed by atoms with Crippen LogP contribution in [0.15, 0.2) is 77.7 Å². The van der Waals surface area contributed by atoms with E-state index in [-0.39, 0.29) is 16.8 Å². The Labute approximate surface area is 217 Å². The van der Waals surface area contributed by atoms with Gasteiger partial charge in [-0.3, -0.25) is 5.41 Å². The highest BCUT2D eigenvalue weighted by Gasteiger charge is 2.26. The smallest absolute Gasteiger partial charge is 0.410 e. The van der Waals surface area contributed by atoms with Gasteiger partial charge in [0.2, 0.25) is 10.0 Å². The van der Waals surface area contributed by atoms with E-state index in [1.165, 1.54) is 12.5 Å². The second kappa shape index (κ2) is 11.6. The van der Waals surface area contributed by atoms with Crippen molar-refractivity contribution in [3.05, 3.63) is 83.9 Å². The standard InChI is InChI=1S/C28H32N4O4S/c29-27(30)22-10-6-7-19(17-22)18-25(21-8-2-1-3-9-21)32-28(33)36-23-15-13-20(14-16-23)24-11-4-5-12-26(24)37(31,34)35/h4-7,10-17,21,25H,1-3,8-9,18H2,(H3,29,30)(H,32,33)(H2,31,34,35). The van der Waals surface area contributed by atoms with Crippen LogP contribution in [0.2, 0.25) is 0 Å². The molecule has 194 valence electrons. The minimum Gasteiger partial charge on any atom is -0.410 e. The average Bonchev–Trinajstić information content (AvgIpc) is 2.89. The first-order valence-corrected chi connectivity index (χ1v) is 13.9. The first-order valence-electron chi connectivity index (χ1n) is 12.3. The maximum absolute atomic E-state index is 12.9. The van der Waals surface area contributed by atoms with Crippen LogP contribution in [0.25, 0.3) is 11.1 Å². The van der Waals surface area contributed by atoms with Crippen molar-refractivity contribution in [1.82, 2.24) is 5.32 Å². The highest BCUT2D eigenvalue weighted by Crippen LogP contribution is 2.30. The monoisotopic (exact) mass is 520 g/mol. The number of sulfonamides is 1. The van der Waals surface area contributed by atoms with Crippen LogP contribution >= 0.6 is 0 Å². The first-order chi connectivity index (χ1) is 17.7. The van der Waals surface area contributed by atoms with Crippen LogP contribution in [0.4, 0.5) is 4.79 Å². The van der Waals surface area contributed by atoms with Gasteiger partial charge in [0.1, 0.15) is 11.6 Å². The van der Waals surface area contributed by atoms with Crippen molar-refractivity contribution in [2.75, 3.05) is 0 Å². The minimum absolute atomic E-state index is 0.0126. The summed E-state index contributed by atoms with van der Waals surface area (Å²) in [6.07, 6.45) is 5.61. The number of benzene rings is 3. The molecule has 0 bridgehead atoms. The van der Waals surface area contributed by atoms with Crippen molar-refractivity contribution in [3.8, 4) is 16.9 Å². The second-order valence-corrected chi connectivity index (χ2v) is 11.0. The lowest BCUT2D eigenvalue weighted by molar-refractivity contribution is 0.183. The summed E-state index contributed by atoms with van der Waals surface area (Å²) in [5.41, 5.74) is 8.44. The summed E-state index contributed by atoms with van der Waals surface area (Å²) < 4.78 is 29.5. The van der Waals surface area contributed by atoms with Gasteiger partial charge < -0.3 is 15.8 Å². The number of nitrogen functional groups attached to an aromatic ring is 1. The van der Waals surface area contributed by atoms with E-state index < -0.39 is 16.1 Å². The molecule has 1 aliphatic carbocycles. The molecule has 3 aromatic carbocycles. The van der Waals surface area contributed by atoms with E-state index in [0.717, 1.165) is 31.2 Å². The molecule has 0 heterocycles. The van der Waals surface area contributed by atoms with Crippen LogP contribution in [0, 0.1) is 11.3 Å². The number of carbonyl (C=O) groups excluding carboxylic acids is 1. The van der Waals surface area contributed by atoms with E-state index in [9.17, 15) is 13.2 Å². The number of nitrogens with one attached hydrogen (secondary N) is 2. The van der Waals surface area contributed by atoms with Gasteiger partial charge in [-0.1, -0.05) is 67.8 Å². The largest absolute Gasteiger partial charge is 0.412 e. The van der Waals surface area contributed by atoms with Gasteiger partial charge in [-0.05, 0) is 60.6 Å². The molecule has 1 unspecified atom stereocenters. The molecule has 4 rings (SSSR count). The quantitative estimate of drug-likeness (QED) is 0.254. The number of primary sulfonamides is 1. The average molecular weight is 521 g/mol. The third-order valence-corrected chi connectivity index (χ3v) is 7.75. The molecule has 0 saturated heterocycles. The fraction of sp³-hybridized carbons (Fsp3) is 0.286. The lowest BCUT2D eigenvalue weighted by atomic mass is 9.81. The van der Waals surface area contributed by atoms with Gasteiger partial charge in [-0.15, -0.1) is 0 Å². The van der Waals surface area contributed by atoms with Gasteiger partial charge in [-0.25, -0.2) is 18.4 Å². The molecular formula is C28H32N4O4S. The predicted molar refractivity (Wildman–Crippen MR) is 144 cm³/mol. The molecule has 1 fully saturated rings. The van der Waals surface area contributed by atoms with E-state index in [1.807, 2.05) is 18.2 Å². The van der Waals surface area contributed by atoms with Crippen LogP contribution < -0.4 is 20.9 Å². The zero-order valence-corrected chi connectivity index (χ0v) is 21.3. The maximum atomic E-state index is 12.9. The second-order valence-electron chi connectivity index (χ2n) is 9.42. The Bertz CT molecular complexity index is 1370. The zero-order chi connectivity index (χ0) is 26.4. The number of hydrogen-bond acceptors (Lipinski definition) is 5. The van der Waals surface area contributed by atoms with Crippen molar-refractivity contribution in [2.45, 2.75) is 49.5 Å². The molecule has 0 radical (unpaired) electrons. The van der Waals surface area contributed by atoms with Gasteiger partial charge >= 0.3 is 6.09 Å². The van der Waals surface area contributed by atoms with E-state index in [0.29, 0.717) is 34.8 Å². The third kappa shape index (κ3) is 6.96. The lowest BCUT2D eigenvalue weighted by Gasteiger charge is -2.31. The molecule has 8 nitrogen and oxygen atoms in total. The Morgan fingerprint density at radius 1 is 1.00 bits per heavy atom. The van der Waals surface area contributed by atoms with Crippen molar-refractivity contribution in [3.63, 3.8) is 0 Å². The van der Waals surface area contributed by atoms with Crippen molar-refractivity contribution >= 4 is 22.0 Å². The molecule has 1 aliphatic rings. The molecule has 0 aromatic heterocycles. The molecule has 1 saturated carbocycles. The summed E-state index contributed by atoms with van der Waals surface area (Å²) >= 11 is 0. The van der Waals surface area contributed by atoms with Crippen LogP contribution in [-0.2, 0) is 16.4 Å². The molecule has 9 heteroatoms. The van der Waals surface area contributed by atoms with Crippen molar-refractivity contribution in [2.24, 2.45) is 16.8 Å². The number of amidine groups is 1. The summed E-state index contributed by atoms with van der Waals surface area (Å²) in [5.74, 6) is 0.688. The Hall–Kier alpha value is -3.69. The third-order valence-electron chi connectivity index (χ3n) is 6.79. The first kappa shape index (κ1) is 26.4. The Morgan fingerprint density at radius 2 is 1.70 bits per heavy atom. The molecule has 0 aliphatic heterocycles. The summed E-state index contributed by atoms with van der Waals surface area (Å²) in [7, 11) is -3.88. The normalized spacial score (nSPS) is 15.1. The summed E-state index contributed by atoms with van der Waals surface area (Å²) in [6, 6.07) is 20.6. The number of amides is 1. The molecule has 1 amide bonds. The van der Waals surface area contributed by atoms with Gasteiger partial charge in [-0.2, -0.15) is 0 Å². The van der Waals surface area contributed by atoms with Gasteiger partial charge in [0, 0.05) is 17.2 Å². The van der Waals surface area contributed by atoms with E-state index in [2.05, 4.69) is 5.32 Å². The highest BCUT2D eigenvalue weighted by molar-refractivity contribution is 7.89. The molecule has 0 spiro atoms. The van der Waals surface area contributed by atoms with Crippen LogP contribution in [0.3, 0.4) is 0 Å². The van der Waals surface area contributed by atoms with Gasteiger partial charge in [0.05, 0.1) is 4.90 Å². The molecular weight excluding hydrogens is 488 g/mol. The molecule has 6 N–H and O–H groups in total. The predicted octanol–water partition coefficient (Wildman–Crippen LogP) is 4.57. The topological polar surface area (TPSA) is 148 Å². The molecule has 37 heavy (non-hydrogen) atoms. The molecule has 1 atom stereocenters. The fourth-order valence-corrected chi connectivity index (χ4v) is 5.70. The number of hydrogen-bond donors (Lipinski definition) is 4. The summed E-state index contributed by atoms with van der Waals surface area (Å²) in [6.45, 7) is 0.